The van der Waals surface area contributed by atoms with Crippen LogP contribution in [0.5, 0.6) is 0 Å². The number of fused-ring (bicyclic) bond motifs is 1. The van der Waals surface area contributed by atoms with E-state index in [4.69, 9.17) is 5.11 Å². The van der Waals surface area contributed by atoms with E-state index in [1.165, 1.54) is 0 Å². The molecule has 0 aliphatic carbocycles. The van der Waals surface area contributed by atoms with Crippen LogP contribution in [-0.2, 0) is 4.79 Å². The summed E-state index contributed by atoms with van der Waals surface area (Å²) in [5.41, 5.74) is 1.23. The van der Waals surface area contributed by atoms with Crippen LogP contribution in [0, 0.1) is 0 Å². The molecule has 0 spiro atoms. The number of carbonyl (C=O) groups is 2. The fourth-order valence-electron chi connectivity index (χ4n) is 1.98. The van der Waals surface area contributed by atoms with Crippen molar-refractivity contribution in [3.8, 4) is 0 Å². The van der Waals surface area contributed by atoms with Crippen LogP contribution in [0.15, 0.2) is 30.3 Å². The highest BCUT2D eigenvalue weighted by Gasteiger charge is 2.20. The molecular weight excluding hydrogens is 244 g/mol. The number of carboxylic acid groups (broad SMARTS) is 1. The van der Waals surface area contributed by atoms with Gasteiger partial charge in [0.15, 0.2) is 0 Å². The van der Waals surface area contributed by atoms with Gasteiger partial charge in [0.2, 0.25) is 0 Å². The van der Waals surface area contributed by atoms with Crippen LogP contribution in [0.1, 0.15) is 30.3 Å². The number of hydrogen-bond acceptors (Lipinski definition) is 2. The molecule has 0 saturated carbocycles. The zero-order valence-electron chi connectivity index (χ0n) is 10.6. The summed E-state index contributed by atoms with van der Waals surface area (Å²) < 4.78 is 0. The Hall–Kier alpha value is -2.30. The molecule has 1 heterocycles. The second-order valence-corrected chi connectivity index (χ2v) is 4.42. The summed E-state index contributed by atoms with van der Waals surface area (Å²) in [5.74, 6) is -1.40. The van der Waals surface area contributed by atoms with Crippen LogP contribution in [-0.4, -0.2) is 28.0 Å². The first kappa shape index (κ1) is 13.1. The van der Waals surface area contributed by atoms with Gasteiger partial charge in [0.25, 0.3) is 5.91 Å². The monoisotopic (exact) mass is 260 g/mol. The number of rotatable bonds is 5. The van der Waals surface area contributed by atoms with E-state index in [1.807, 2.05) is 31.2 Å². The molecule has 1 unspecified atom stereocenters. The molecule has 19 heavy (non-hydrogen) atoms. The molecule has 0 bridgehead atoms. The first-order chi connectivity index (χ1) is 9.11. The molecule has 2 rings (SSSR count). The van der Waals surface area contributed by atoms with E-state index in [0.29, 0.717) is 18.5 Å². The van der Waals surface area contributed by atoms with Crippen LogP contribution in [0.3, 0.4) is 0 Å². The number of aromatic amines is 1. The van der Waals surface area contributed by atoms with Crippen molar-refractivity contribution in [3.63, 3.8) is 0 Å². The van der Waals surface area contributed by atoms with Gasteiger partial charge < -0.3 is 15.4 Å². The number of aliphatic carboxylic acids is 1. The number of H-pyrrole nitrogens is 1. The number of nitrogens with one attached hydrogen (secondary N) is 2. The van der Waals surface area contributed by atoms with Crippen molar-refractivity contribution in [1.82, 2.24) is 10.3 Å². The highest BCUT2D eigenvalue weighted by Crippen LogP contribution is 2.14. The smallest absolute Gasteiger partial charge is 0.326 e. The van der Waals surface area contributed by atoms with Gasteiger partial charge >= 0.3 is 5.97 Å². The van der Waals surface area contributed by atoms with Crippen molar-refractivity contribution < 1.29 is 14.7 Å². The number of para-hydroxylation sites is 1. The maximum Gasteiger partial charge on any atom is 0.326 e. The Morgan fingerprint density at radius 2 is 2.11 bits per heavy atom. The maximum atomic E-state index is 12.0. The standard InChI is InChI=1S/C14H16N2O3/c1-2-5-11(14(18)19)16-13(17)12-8-9-6-3-4-7-10(9)15-12/h3-4,6-8,11,15H,2,5H2,1H3,(H,16,17)(H,18,19). The summed E-state index contributed by atoms with van der Waals surface area (Å²) in [6.07, 6.45) is 1.12. The van der Waals surface area contributed by atoms with Gasteiger partial charge in [-0.3, -0.25) is 4.79 Å². The third-order valence-electron chi connectivity index (χ3n) is 2.96. The van der Waals surface area contributed by atoms with Crippen molar-refractivity contribution in [1.29, 1.82) is 0 Å². The summed E-state index contributed by atoms with van der Waals surface area (Å²) in [6.45, 7) is 1.88. The Morgan fingerprint density at radius 1 is 1.37 bits per heavy atom. The zero-order chi connectivity index (χ0) is 13.8. The lowest BCUT2D eigenvalue weighted by atomic mass is 10.1. The first-order valence-corrected chi connectivity index (χ1v) is 6.23. The molecule has 0 radical (unpaired) electrons. The Morgan fingerprint density at radius 3 is 2.74 bits per heavy atom. The van der Waals surface area contributed by atoms with Crippen LogP contribution < -0.4 is 5.32 Å². The van der Waals surface area contributed by atoms with Gasteiger partial charge in [-0.1, -0.05) is 31.5 Å². The second-order valence-electron chi connectivity index (χ2n) is 4.42. The maximum absolute atomic E-state index is 12.0. The number of aromatic nitrogens is 1. The molecule has 0 saturated heterocycles. The summed E-state index contributed by atoms with van der Waals surface area (Å²) in [5, 5.41) is 12.5. The normalized spacial score (nSPS) is 12.3. The summed E-state index contributed by atoms with van der Waals surface area (Å²) in [6, 6.07) is 8.39. The van der Waals surface area contributed by atoms with Crippen LogP contribution >= 0.6 is 0 Å². The van der Waals surface area contributed by atoms with E-state index in [-0.39, 0.29) is 0 Å². The summed E-state index contributed by atoms with van der Waals surface area (Å²) in [4.78, 5) is 26.0. The molecule has 0 aliphatic heterocycles. The van der Waals surface area contributed by atoms with Crippen LogP contribution in [0.4, 0.5) is 0 Å². The molecule has 1 atom stereocenters. The van der Waals surface area contributed by atoms with E-state index < -0.39 is 17.9 Å². The van der Waals surface area contributed by atoms with Gasteiger partial charge in [-0.25, -0.2) is 4.79 Å². The predicted octanol–water partition coefficient (Wildman–Crippen LogP) is 2.15. The first-order valence-electron chi connectivity index (χ1n) is 6.23. The van der Waals surface area contributed by atoms with Crippen molar-refractivity contribution in [2.24, 2.45) is 0 Å². The van der Waals surface area contributed by atoms with Crippen LogP contribution in [0.25, 0.3) is 10.9 Å². The van der Waals surface area contributed by atoms with Gasteiger partial charge in [0.1, 0.15) is 11.7 Å². The van der Waals surface area contributed by atoms with E-state index in [1.54, 1.807) is 6.07 Å². The highest BCUT2D eigenvalue weighted by molar-refractivity contribution is 5.99. The van der Waals surface area contributed by atoms with Gasteiger partial charge in [-0.2, -0.15) is 0 Å². The molecule has 1 aromatic heterocycles. The molecule has 1 amide bonds. The largest absolute Gasteiger partial charge is 0.480 e. The average molecular weight is 260 g/mol. The molecular formula is C14H16N2O3. The van der Waals surface area contributed by atoms with E-state index in [2.05, 4.69) is 10.3 Å². The third kappa shape index (κ3) is 2.93. The lowest BCUT2D eigenvalue weighted by Gasteiger charge is -2.12. The Bertz CT molecular complexity index is 571. The topological polar surface area (TPSA) is 82.2 Å². The van der Waals surface area contributed by atoms with Gasteiger partial charge in [-0.05, 0) is 18.6 Å². The van der Waals surface area contributed by atoms with Crippen molar-refractivity contribution in [2.75, 3.05) is 0 Å². The molecule has 1 aromatic carbocycles. The van der Waals surface area contributed by atoms with Gasteiger partial charge in [-0.15, -0.1) is 0 Å². The number of amides is 1. The third-order valence-corrected chi connectivity index (χ3v) is 2.96. The summed E-state index contributed by atoms with van der Waals surface area (Å²) >= 11 is 0. The number of carboxylic acids is 1. The van der Waals surface area contributed by atoms with E-state index in [9.17, 15) is 9.59 Å². The minimum Gasteiger partial charge on any atom is -0.480 e. The molecule has 3 N–H and O–H groups in total. The summed E-state index contributed by atoms with van der Waals surface area (Å²) in [7, 11) is 0. The van der Waals surface area contributed by atoms with Crippen molar-refractivity contribution >= 4 is 22.8 Å². The number of carbonyl (C=O) groups excluding carboxylic acids is 1. The van der Waals surface area contributed by atoms with E-state index in [0.717, 1.165) is 10.9 Å². The SMILES string of the molecule is CCCC(NC(=O)c1cc2ccccc2[nH]1)C(=O)O. The fraction of sp³-hybridized carbons (Fsp3) is 0.286. The van der Waals surface area contributed by atoms with E-state index >= 15 is 0 Å². The zero-order valence-corrected chi connectivity index (χ0v) is 10.6. The quantitative estimate of drug-likeness (QED) is 0.770. The highest BCUT2D eigenvalue weighted by atomic mass is 16.4. The molecule has 2 aromatic rings. The van der Waals surface area contributed by atoms with Gasteiger partial charge in [0.05, 0.1) is 0 Å². The fourth-order valence-corrected chi connectivity index (χ4v) is 1.98. The van der Waals surface area contributed by atoms with Crippen LogP contribution in [0.2, 0.25) is 0 Å². The second kappa shape index (κ2) is 5.56. The lowest BCUT2D eigenvalue weighted by Crippen LogP contribution is -2.40. The molecule has 5 heteroatoms. The Balaban J connectivity index is 2.16. The Labute approximate surface area is 110 Å². The Kier molecular flexibility index (Phi) is 3.85. The van der Waals surface area contributed by atoms with Gasteiger partial charge in [0, 0.05) is 10.9 Å². The van der Waals surface area contributed by atoms with Crippen molar-refractivity contribution in [2.45, 2.75) is 25.8 Å². The lowest BCUT2D eigenvalue weighted by molar-refractivity contribution is -0.139. The average Bonchev–Trinajstić information content (AvgIpc) is 2.81. The molecule has 0 aliphatic rings. The number of benzene rings is 1. The predicted molar refractivity (Wildman–Crippen MR) is 72.1 cm³/mol. The molecule has 5 nitrogen and oxygen atoms in total. The molecule has 0 fully saturated rings. The molecule has 100 valence electrons. The minimum atomic E-state index is -1.01. The van der Waals surface area contributed by atoms with Crippen molar-refractivity contribution in [3.05, 3.63) is 36.0 Å². The minimum absolute atomic E-state index is 0.378. The number of hydrogen-bond donors (Lipinski definition) is 3.